The van der Waals surface area contributed by atoms with Crippen molar-refractivity contribution in [2.24, 2.45) is 0 Å². The summed E-state index contributed by atoms with van der Waals surface area (Å²) in [6.45, 7) is 4.20. The molecule has 0 unspecified atom stereocenters. The highest BCUT2D eigenvalue weighted by Crippen LogP contribution is 2.40. The van der Waals surface area contributed by atoms with Gasteiger partial charge in [-0.05, 0) is 87.8 Å². The van der Waals surface area contributed by atoms with E-state index in [9.17, 15) is 0 Å². The fourth-order valence-electron chi connectivity index (χ4n) is 6.36. The van der Waals surface area contributed by atoms with E-state index in [1.54, 1.807) is 0 Å². The number of para-hydroxylation sites is 1. The normalized spacial score (nSPS) is 14.2. The Morgan fingerprint density at radius 1 is 0.458 bits per heavy atom. The van der Waals surface area contributed by atoms with Gasteiger partial charge in [0.1, 0.15) is 11.5 Å². The molecule has 0 fully saturated rings. The maximum Gasteiger partial charge on any atom is 0.135 e. The van der Waals surface area contributed by atoms with Crippen molar-refractivity contribution in [2.75, 3.05) is 4.90 Å². The Labute approximate surface area is 281 Å². The fourth-order valence-corrected chi connectivity index (χ4v) is 6.36. The molecule has 1 aliphatic heterocycles. The number of anilines is 3. The van der Waals surface area contributed by atoms with E-state index in [2.05, 4.69) is 157 Å². The summed E-state index contributed by atoms with van der Waals surface area (Å²) in [5.41, 5.74) is 11.0. The van der Waals surface area contributed by atoms with Crippen molar-refractivity contribution < 1.29 is 4.74 Å². The zero-order valence-electron chi connectivity index (χ0n) is 26.5. The van der Waals surface area contributed by atoms with Crippen LogP contribution < -0.4 is 9.64 Å². The zero-order chi connectivity index (χ0) is 32.3. The summed E-state index contributed by atoms with van der Waals surface area (Å²) < 4.78 is 6.44. The number of nitrogens with zero attached hydrogens (tertiary/aromatic N) is 1. The van der Waals surface area contributed by atoms with Crippen molar-refractivity contribution in [2.45, 2.75) is 0 Å². The van der Waals surface area contributed by atoms with Crippen molar-refractivity contribution >= 4 is 39.2 Å². The monoisotopic (exact) mass is 615 g/mol. The summed E-state index contributed by atoms with van der Waals surface area (Å²) in [5, 5.41) is 2.39. The lowest BCUT2D eigenvalue weighted by Crippen LogP contribution is -2.10. The maximum atomic E-state index is 6.44. The van der Waals surface area contributed by atoms with E-state index in [4.69, 9.17) is 4.74 Å². The minimum Gasteiger partial charge on any atom is -0.456 e. The van der Waals surface area contributed by atoms with Gasteiger partial charge in [-0.1, -0.05) is 140 Å². The minimum absolute atomic E-state index is 0.789. The number of allylic oxidation sites excluding steroid dienone is 4. The van der Waals surface area contributed by atoms with Crippen molar-refractivity contribution in [1.82, 2.24) is 0 Å². The first-order chi connectivity index (χ1) is 23.7. The molecule has 228 valence electrons. The third-order valence-corrected chi connectivity index (χ3v) is 8.87. The van der Waals surface area contributed by atoms with Gasteiger partial charge in [0.2, 0.25) is 0 Å². The first-order valence-electron chi connectivity index (χ1n) is 16.2. The lowest BCUT2D eigenvalue weighted by atomic mass is 10.00. The first-order valence-corrected chi connectivity index (χ1v) is 16.2. The molecule has 8 rings (SSSR count). The highest BCUT2D eigenvalue weighted by Gasteiger charge is 2.17. The van der Waals surface area contributed by atoms with Crippen LogP contribution in [0.25, 0.3) is 44.4 Å². The highest BCUT2D eigenvalue weighted by molar-refractivity contribution is 5.99. The van der Waals surface area contributed by atoms with E-state index in [0.29, 0.717) is 0 Å². The van der Waals surface area contributed by atoms with Crippen LogP contribution in [0.1, 0.15) is 11.1 Å². The van der Waals surface area contributed by atoms with E-state index < -0.39 is 0 Å². The average molecular weight is 616 g/mol. The Hall–Kier alpha value is -6.38. The van der Waals surface area contributed by atoms with E-state index in [0.717, 1.165) is 45.3 Å². The van der Waals surface area contributed by atoms with Crippen LogP contribution >= 0.6 is 0 Å². The average Bonchev–Trinajstić information content (AvgIpc) is 3.15. The molecule has 0 atom stereocenters. The molecule has 0 saturated carbocycles. The van der Waals surface area contributed by atoms with Crippen molar-refractivity contribution in [3.05, 3.63) is 206 Å². The molecule has 0 aromatic heterocycles. The van der Waals surface area contributed by atoms with Gasteiger partial charge in [-0.25, -0.2) is 0 Å². The Kier molecular flexibility index (Phi) is 7.74. The van der Waals surface area contributed by atoms with Gasteiger partial charge < -0.3 is 9.64 Å². The summed E-state index contributed by atoms with van der Waals surface area (Å²) in [4.78, 5) is 2.33. The second-order valence-electron chi connectivity index (χ2n) is 11.9. The molecule has 2 nitrogen and oxygen atoms in total. The molecule has 1 heterocycles. The van der Waals surface area contributed by atoms with E-state index in [-0.39, 0.29) is 0 Å². The SMILES string of the molecule is C=C1/C=C\C=C(\c2ccc(N(c3ccc(-c4ccc(-c5ccccc5)cc4)cc3)c3cccc4ccccc34)cc2)Oc2ccccc21. The largest absolute Gasteiger partial charge is 0.456 e. The van der Waals surface area contributed by atoms with E-state index in [1.807, 2.05) is 42.5 Å². The smallest absolute Gasteiger partial charge is 0.135 e. The summed E-state index contributed by atoms with van der Waals surface area (Å²) in [7, 11) is 0. The molecule has 48 heavy (non-hydrogen) atoms. The number of fused-ring (bicyclic) bond motifs is 2. The molecule has 7 aromatic carbocycles. The summed E-state index contributed by atoms with van der Waals surface area (Å²) in [6.07, 6.45) is 6.03. The van der Waals surface area contributed by atoms with Crippen LogP contribution in [-0.2, 0) is 0 Å². The van der Waals surface area contributed by atoms with E-state index >= 15 is 0 Å². The number of hydrogen-bond donors (Lipinski definition) is 0. The lowest BCUT2D eigenvalue weighted by Gasteiger charge is -2.27. The topological polar surface area (TPSA) is 12.5 Å². The molecule has 2 heteroatoms. The quantitative estimate of drug-likeness (QED) is 0.185. The maximum absolute atomic E-state index is 6.44. The molecule has 0 radical (unpaired) electrons. The molecule has 1 aliphatic rings. The molecule has 0 aliphatic carbocycles. The third kappa shape index (κ3) is 5.72. The molecule has 0 amide bonds. The van der Waals surface area contributed by atoms with E-state index in [1.165, 1.54) is 33.0 Å². The Balaban J connectivity index is 1.15. The number of benzene rings is 7. The van der Waals surface area contributed by atoms with Crippen LogP contribution in [0.15, 0.2) is 195 Å². The number of ether oxygens (including phenoxy) is 1. The van der Waals surface area contributed by atoms with Gasteiger partial charge in [0.05, 0.1) is 5.69 Å². The Morgan fingerprint density at radius 2 is 1.00 bits per heavy atom. The summed E-state index contributed by atoms with van der Waals surface area (Å²) in [6, 6.07) is 59.8. The second kappa shape index (κ2) is 12.8. The van der Waals surface area contributed by atoms with Crippen molar-refractivity contribution in [3.8, 4) is 28.0 Å². The van der Waals surface area contributed by atoms with Gasteiger partial charge in [0, 0.05) is 27.9 Å². The molecular formula is C46H33NO. The molecule has 7 aromatic rings. The number of hydrogen-bond acceptors (Lipinski definition) is 2. The van der Waals surface area contributed by atoms with Gasteiger partial charge in [0.25, 0.3) is 0 Å². The number of rotatable bonds is 6. The molecule has 0 saturated heterocycles. The van der Waals surface area contributed by atoms with Crippen molar-refractivity contribution in [1.29, 1.82) is 0 Å². The van der Waals surface area contributed by atoms with Crippen LogP contribution in [0.2, 0.25) is 0 Å². The third-order valence-electron chi connectivity index (χ3n) is 8.87. The predicted molar refractivity (Wildman–Crippen MR) is 203 cm³/mol. The van der Waals surface area contributed by atoms with Gasteiger partial charge >= 0.3 is 0 Å². The molecule has 0 spiro atoms. The van der Waals surface area contributed by atoms with Crippen molar-refractivity contribution in [3.63, 3.8) is 0 Å². The van der Waals surface area contributed by atoms with Crippen LogP contribution in [0.3, 0.4) is 0 Å². The minimum atomic E-state index is 0.789. The lowest BCUT2D eigenvalue weighted by molar-refractivity contribution is 0.513. The summed E-state index contributed by atoms with van der Waals surface area (Å²) in [5.74, 6) is 1.59. The van der Waals surface area contributed by atoms with Crippen LogP contribution in [-0.4, -0.2) is 0 Å². The predicted octanol–water partition coefficient (Wildman–Crippen LogP) is 12.6. The second-order valence-corrected chi connectivity index (χ2v) is 11.9. The molecule has 0 N–H and O–H groups in total. The highest BCUT2D eigenvalue weighted by atomic mass is 16.5. The summed E-state index contributed by atoms with van der Waals surface area (Å²) >= 11 is 0. The van der Waals surface area contributed by atoms with Gasteiger partial charge in [0.15, 0.2) is 0 Å². The molecule has 0 bridgehead atoms. The fraction of sp³-hybridized carbons (Fsp3) is 0. The Morgan fingerprint density at radius 3 is 1.71 bits per heavy atom. The Bertz CT molecular complexity index is 2290. The van der Waals surface area contributed by atoms with Gasteiger partial charge in [-0.15, -0.1) is 0 Å². The van der Waals surface area contributed by atoms with Crippen LogP contribution in [0, 0.1) is 0 Å². The zero-order valence-corrected chi connectivity index (χ0v) is 26.5. The van der Waals surface area contributed by atoms with Crippen LogP contribution in [0.4, 0.5) is 17.1 Å². The molecular weight excluding hydrogens is 583 g/mol. The van der Waals surface area contributed by atoms with Gasteiger partial charge in [-0.2, -0.15) is 0 Å². The standard InChI is InChI=1S/C46H33NO/c1-33-11-9-20-45(48-46-19-8-7-16-42(33)46)39-27-31-41(32-28-39)47(44-18-10-15-38-14-5-6-17-43(38)44)40-29-25-37(26-30-40)36-23-21-35(22-24-36)34-12-3-2-4-13-34/h2-32H,1H2/b11-9-,45-20-. The first kappa shape index (κ1) is 29.1. The van der Waals surface area contributed by atoms with Gasteiger partial charge in [-0.3, -0.25) is 0 Å². The van der Waals surface area contributed by atoms with Crippen LogP contribution in [0.5, 0.6) is 5.75 Å².